The molecule has 0 aliphatic heterocycles. The largest absolute Gasteiger partial charge is 0.466 e. The molecule has 0 N–H and O–H groups in total. The van der Waals surface area contributed by atoms with Crippen LogP contribution in [-0.4, -0.2) is 12.6 Å². The van der Waals surface area contributed by atoms with Gasteiger partial charge in [0.2, 0.25) is 0 Å². The van der Waals surface area contributed by atoms with Gasteiger partial charge in [0.15, 0.2) is 0 Å². The van der Waals surface area contributed by atoms with Crippen LogP contribution in [-0.2, 0) is 9.53 Å². The van der Waals surface area contributed by atoms with Crippen LogP contribution in [0.1, 0.15) is 65.2 Å². The van der Waals surface area contributed by atoms with Gasteiger partial charge in [0.1, 0.15) is 0 Å². The highest BCUT2D eigenvalue weighted by Gasteiger charge is 1.97. The summed E-state index contributed by atoms with van der Waals surface area (Å²) in [5.74, 6) is -0.118. The van der Waals surface area contributed by atoms with Crippen molar-refractivity contribution in [3.63, 3.8) is 0 Å². The van der Waals surface area contributed by atoms with Crippen molar-refractivity contribution in [1.82, 2.24) is 0 Å². The third-order valence-corrected chi connectivity index (χ3v) is 3.42. The number of carbonyl (C=O) groups excluding carboxylic acids is 1. The van der Waals surface area contributed by atoms with E-state index in [4.69, 9.17) is 4.74 Å². The molecule has 0 saturated heterocycles. The van der Waals surface area contributed by atoms with E-state index in [1.807, 2.05) is 13.0 Å². The van der Waals surface area contributed by atoms with Crippen LogP contribution < -0.4 is 0 Å². The molecule has 0 spiro atoms. The lowest BCUT2D eigenvalue weighted by Gasteiger charge is -1.97. The van der Waals surface area contributed by atoms with E-state index in [1.54, 1.807) is 0 Å². The van der Waals surface area contributed by atoms with Crippen molar-refractivity contribution in [3.8, 4) is 0 Å². The molecule has 0 aromatic carbocycles. The molecule has 2 nitrogen and oxygen atoms in total. The summed E-state index contributed by atoms with van der Waals surface area (Å²) in [4.78, 5) is 11.1. The Hall–Kier alpha value is -2.09. The number of hydrogen-bond donors (Lipinski definition) is 0. The normalized spacial score (nSPS) is 12.8. The molecule has 0 amide bonds. The average molecular weight is 357 g/mol. The first kappa shape index (κ1) is 23.9. The molecule has 0 aromatic heterocycles. The lowest BCUT2D eigenvalue weighted by molar-refractivity contribution is -0.142. The van der Waals surface area contributed by atoms with Crippen molar-refractivity contribution in [2.75, 3.05) is 6.61 Å². The third kappa shape index (κ3) is 20.0. The van der Waals surface area contributed by atoms with E-state index in [0.29, 0.717) is 13.0 Å². The van der Waals surface area contributed by atoms with Crippen molar-refractivity contribution in [3.05, 3.63) is 72.9 Å². The number of carbonyl (C=O) groups is 1. The second-order valence-corrected chi connectivity index (χ2v) is 5.76. The molecular formula is C24H36O2. The first-order valence-corrected chi connectivity index (χ1v) is 9.86. The summed E-state index contributed by atoms with van der Waals surface area (Å²) < 4.78 is 4.87. The molecule has 0 rings (SSSR count). The van der Waals surface area contributed by atoms with Gasteiger partial charge in [-0.3, -0.25) is 4.79 Å². The summed E-state index contributed by atoms with van der Waals surface area (Å²) >= 11 is 0. The van der Waals surface area contributed by atoms with Gasteiger partial charge in [-0.1, -0.05) is 79.8 Å². The van der Waals surface area contributed by atoms with Gasteiger partial charge < -0.3 is 4.74 Å². The van der Waals surface area contributed by atoms with Gasteiger partial charge in [-0.2, -0.15) is 0 Å². The van der Waals surface area contributed by atoms with Gasteiger partial charge in [0.25, 0.3) is 0 Å². The van der Waals surface area contributed by atoms with E-state index in [-0.39, 0.29) is 5.97 Å². The fraction of sp³-hybridized carbons (Fsp3) is 0.458. The quantitative estimate of drug-likeness (QED) is 0.232. The Morgan fingerprint density at radius 3 is 1.38 bits per heavy atom. The molecular weight excluding hydrogens is 320 g/mol. The molecule has 0 saturated carbocycles. The van der Waals surface area contributed by atoms with Crippen molar-refractivity contribution < 1.29 is 9.53 Å². The summed E-state index contributed by atoms with van der Waals surface area (Å²) in [5, 5.41) is 0. The number of ether oxygens (including phenoxy) is 1. The molecule has 0 fully saturated rings. The minimum absolute atomic E-state index is 0.118. The van der Waals surface area contributed by atoms with Crippen LogP contribution in [0.5, 0.6) is 0 Å². The summed E-state index contributed by atoms with van der Waals surface area (Å²) in [7, 11) is 0. The minimum Gasteiger partial charge on any atom is -0.466 e. The van der Waals surface area contributed by atoms with E-state index < -0.39 is 0 Å². The Morgan fingerprint density at radius 1 is 0.615 bits per heavy atom. The van der Waals surface area contributed by atoms with Gasteiger partial charge in [-0.05, 0) is 51.9 Å². The van der Waals surface area contributed by atoms with Gasteiger partial charge in [0.05, 0.1) is 6.61 Å². The standard InChI is InChI=1S/C24H36O2/c1-3-5-6-7-8-9-10-11-12-13-14-15-16-17-18-19-20-21-22-23-24(25)26-4-2/h5-6,8-9,11-12,14-15,17-18,20-21H,3-4,7,10,13,16,19,22-23H2,1-2H3/b6-5-,9-8-,12-11-,15-14-,18-17-,21-20-. The van der Waals surface area contributed by atoms with Crippen molar-refractivity contribution >= 4 is 5.97 Å². The molecule has 0 radical (unpaired) electrons. The minimum atomic E-state index is -0.118. The number of esters is 1. The van der Waals surface area contributed by atoms with Crippen LogP contribution in [0.15, 0.2) is 72.9 Å². The highest BCUT2D eigenvalue weighted by Crippen LogP contribution is 1.98. The summed E-state index contributed by atoms with van der Waals surface area (Å²) in [6.07, 6.45) is 33.3. The van der Waals surface area contributed by atoms with Crippen LogP contribution in [0.2, 0.25) is 0 Å². The van der Waals surface area contributed by atoms with Gasteiger partial charge in [0, 0.05) is 6.42 Å². The highest BCUT2D eigenvalue weighted by atomic mass is 16.5. The van der Waals surface area contributed by atoms with Crippen LogP contribution >= 0.6 is 0 Å². The number of rotatable bonds is 15. The molecule has 26 heavy (non-hydrogen) atoms. The van der Waals surface area contributed by atoms with E-state index in [9.17, 15) is 4.79 Å². The van der Waals surface area contributed by atoms with Gasteiger partial charge in [-0.15, -0.1) is 0 Å². The van der Waals surface area contributed by atoms with Crippen molar-refractivity contribution in [2.24, 2.45) is 0 Å². The Kier molecular flexibility index (Phi) is 19.3. The Bertz CT molecular complexity index is 490. The first-order valence-electron chi connectivity index (χ1n) is 9.86. The van der Waals surface area contributed by atoms with E-state index in [0.717, 1.165) is 44.9 Å². The zero-order valence-corrected chi connectivity index (χ0v) is 16.6. The van der Waals surface area contributed by atoms with E-state index in [2.05, 4.69) is 73.8 Å². The Balaban J connectivity index is 3.54. The second-order valence-electron chi connectivity index (χ2n) is 5.76. The first-order chi connectivity index (χ1) is 12.8. The maximum Gasteiger partial charge on any atom is 0.306 e. The molecule has 0 aliphatic rings. The van der Waals surface area contributed by atoms with Crippen molar-refractivity contribution in [1.29, 1.82) is 0 Å². The molecule has 0 aliphatic carbocycles. The Morgan fingerprint density at radius 2 is 1.00 bits per heavy atom. The monoisotopic (exact) mass is 356 g/mol. The molecule has 0 heterocycles. The Labute approximate surface area is 160 Å². The zero-order chi connectivity index (χ0) is 19.1. The van der Waals surface area contributed by atoms with Crippen LogP contribution in [0.25, 0.3) is 0 Å². The maximum absolute atomic E-state index is 11.1. The van der Waals surface area contributed by atoms with Crippen LogP contribution in [0, 0.1) is 0 Å². The predicted molar refractivity (Wildman–Crippen MR) is 114 cm³/mol. The molecule has 0 atom stereocenters. The number of allylic oxidation sites excluding steroid dienone is 12. The number of hydrogen-bond acceptors (Lipinski definition) is 2. The van der Waals surface area contributed by atoms with Crippen molar-refractivity contribution in [2.45, 2.75) is 65.2 Å². The lowest BCUT2D eigenvalue weighted by Crippen LogP contribution is -2.02. The average Bonchev–Trinajstić information content (AvgIpc) is 2.64. The van der Waals surface area contributed by atoms with E-state index in [1.165, 1.54) is 0 Å². The fourth-order valence-corrected chi connectivity index (χ4v) is 2.07. The maximum atomic E-state index is 11.1. The molecule has 2 heteroatoms. The SMILES string of the molecule is CC/C=C\C/C=C\C/C=C\C/C=C\C/C=C\C/C=C\CCC(=O)OCC. The fourth-order valence-electron chi connectivity index (χ4n) is 2.07. The van der Waals surface area contributed by atoms with Crippen LogP contribution in [0.4, 0.5) is 0 Å². The third-order valence-electron chi connectivity index (χ3n) is 3.42. The zero-order valence-electron chi connectivity index (χ0n) is 16.6. The highest BCUT2D eigenvalue weighted by molar-refractivity contribution is 5.69. The molecule has 144 valence electrons. The lowest BCUT2D eigenvalue weighted by atomic mass is 10.2. The van der Waals surface area contributed by atoms with Gasteiger partial charge >= 0.3 is 5.97 Å². The van der Waals surface area contributed by atoms with E-state index >= 15 is 0 Å². The summed E-state index contributed by atoms with van der Waals surface area (Å²) in [6, 6.07) is 0. The molecule has 0 aromatic rings. The topological polar surface area (TPSA) is 26.3 Å². The summed E-state index contributed by atoms with van der Waals surface area (Å²) in [5.41, 5.74) is 0. The van der Waals surface area contributed by atoms with Crippen LogP contribution in [0.3, 0.4) is 0 Å². The predicted octanol–water partition coefficient (Wildman–Crippen LogP) is 7.03. The molecule has 0 bridgehead atoms. The molecule has 0 unspecified atom stereocenters. The smallest absolute Gasteiger partial charge is 0.306 e. The van der Waals surface area contributed by atoms with Gasteiger partial charge in [-0.25, -0.2) is 0 Å². The second kappa shape index (κ2) is 21.0. The summed E-state index contributed by atoms with van der Waals surface area (Å²) in [6.45, 7) is 4.44.